The zero-order chi connectivity index (χ0) is 28.4. The lowest BCUT2D eigenvalue weighted by Crippen LogP contribution is -2.53. The smallest absolute Gasteiger partial charge is 0.244 e. The standard InChI is InChI=1S/C30H36ClN3O4S/c1-4-5-19-32-30(36)28(20-24-13-8-6-9-14-24)33(21-25-15-10-7-11-16-25)29(35)22-34(39(3,37)38)27-18-12-17-26(31)23(27)2/h6-18,28H,4-5,19-22H2,1-3H3,(H,32,36)/t28-/m0/s1. The van der Waals surface area contributed by atoms with Crippen molar-refractivity contribution in [3.8, 4) is 0 Å². The number of hydrogen-bond donors (Lipinski definition) is 1. The molecule has 2 amide bonds. The van der Waals surface area contributed by atoms with Crippen LogP contribution >= 0.6 is 11.6 Å². The third-order valence-electron chi connectivity index (χ3n) is 6.48. The topological polar surface area (TPSA) is 86.8 Å². The number of benzene rings is 3. The number of carbonyl (C=O) groups excluding carboxylic acids is 2. The van der Waals surface area contributed by atoms with E-state index in [0.29, 0.717) is 22.8 Å². The summed E-state index contributed by atoms with van der Waals surface area (Å²) < 4.78 is 26.9. The summed E-state index contributed by atoms with van der Waals surface area (Å²) in [5, 5.41) is 3.37. The molecule has 0 bridgehead atoms. The number of nitrogens with zero attached hydrogens (tertiary/aromatic N) is 2. The van der Waals surface area contributed by atoms with Crippen molar-refractivity contribution in [2.45, 2.75) is 45.7 Å². The van der Waals surface area contributed by atoms with Crippen molar-refractivity contribution in [2.24, 2.45) is 0 Å². The minimum Gasteiger partial charge on any atom is -0.354 e. The van der Waals surface area contributed by atoms with Gasteiger partial charge in [0.2, 0.25) is 21.8 Å². The van der Waals surface area contributed by atoms with Gasteiger partial charge in [0.05, 0.1) is 11.9 Å². The van der Waals surface area contributed by atoms with Crippen molar-refractivity contribution in [3.05, 3.63) is 101 Å². The van der Waals surface area contributed by atoms with Crippen molar-refractivity contribution in [1.29, 1.82) is 0 Å². The maximum Gasteiger partial charge on any atom is 0.244 e. The molecule has 3 aromatic carbocycles. The number of unbranched alkanes of at least 4 members (excludes halogenated alkanes) is 1. The molecule has 1 N–H and O–H groups in total. The van der Waals surface area contributed by atoms with E-state index in [0.717, 1.165) is 34.5 Å². The Labute approximate surface area is 236 Å². The quantitative estimate of drug-likeness (QED) is 0.294. The SMILES string of the molecule is CCCCNC(=O)[C@H](Cc1ccccc1)N(Cc1ccccc1)C(=O)CN(c1cccc(Cl)c1C)S(C)(=O)=O. The Morgan fingerprint density at radius 2 is 1.54 bits per heavy atom. The van der Waals surface area contributed by atoms with Gasteiger partial charge in [-0.05, 0) is 42.2 Å². The molecule has 1 atom stereocenters. The summed E-state index contributed by atoms with van der Waals surface area (Å²) in [5.74, 6) is -0.767. The molecule has 208 valence electrons. The van der Waals surface area contributed by atoms with Gasteiger partial charge in [0.25, 0.3) is 0 Å². The maximum absolute atomic E-state index is 14.0. The van der Waals surface area contributed by atoms with Crippen molar-refractivity contribution in [1.82, 2.24) is 10.2 Å². The van der Waals surface area contributed by atoms with E-state index in [1.165, 1.54) is 4.90 Å². The van der Waals surface area contributed by atoms with Crippen LogP contribution in [-0.4, -0.2) is 50.5 Å². The molecular weight excluding hydrogens is 534 g/mol. The Balaban J connectivity index is 2.04. The lowest BCUT2D eigenvalue weighted by molar-refractivity contribution is -0.140. The van der Waals surface area contributed by atoms with Gasteiger partial charge < -0.3 is 10.2 Å². The van der Waals surface area contributed by atoms with Gasteiger partial charge in [0, 0.05) is 24.5 Å². The van der Waals surface area contributed by atoms with Crippen LogP contribution in [0, 0.1) is 6.92 Å². The average Bonchev–Trinajstić information content (AvgIpc) is 2.91. The van der Waals surface area contributed by atoms with Gasteiger partial charge in [-0.25, -0.2) is 8.42 Å². The van der Waals surface area contributed by atoms with E-state index in [-0.39, 0.29) is 18.9 Å². The number of amides is 2. The first-order valence-electron chi connectivity index (χ1n) is 13.0. The van der Waals surface area contributed by atoms with Gasteiger partial charge in [0.15, 0.2) is 0 Å². The largest absolute Gasteiger partial charge is 0.354 e. The van der Waals surface area contributed by atoms with E-state index < -0.39 is 28.5 Å². The average molecular weight is 570 g/mol. The van der Waals surface area contributed by atoms with Crippen LogP contribution in [0.3, 0.4) is 0 Å². The fraction of sp³-hybridized carbons (Fsp3) is 0.333. The molecular formula is C30H36ClN3O4S. The second-order valence-electron chi connectivity index (χ2n) is 9.51. The van der Waals surface area contributed by atoms with Gasteiger partial charge in [-0.15, -0.1) is 0 Å². The van der Waals surface area contributed by atoms with Crippen molar-refractivity contribution in [3.63, 3.8) is 0 Å². The summed E-state index contributed by atoms with van der Waals surface area (Å²) in [5.41, 5.74) is 2.59. The van der Waals surface area contributed by atoms with Crippen LogP contribution in [-0.2, 0) is 32.6 Å². The van der Waals surface area contributed by atoms with E-state index in [1.807, 2.05) is 67.6 Å². The molecule has 0 fully saturated rings. The van der Waals surface area contributed by atoms with Crippen LogP contribution in [0.15, 0.2) is 78.9 Å². The van der Waals surface area contributed by atoms with Crippen LogP contribution in [0.1, 0.15) is 36.5 Å². The first-order valence-corrected chi connectivity index (χ1v) is 15.2. The lowest BCUT2D eigenvalue weighted by Gasteiger charge is -2.34. The maximum atomic E-state index is 14.0. The summed E-state index contributed by atoms with van der Waals surface area (Å²) >= 11 is 6.29. The van der Waals surface area contributed by atoms with Crippen LogP contribution in [0.25, 0.3) is 0 Å². The van der Waals surface area contributed by atoms with Gasteiger partial charge in [-0.3, -0.25) is 13.9 Å². The second-order valence-corrected chi connectivity index (χ2v) is 11.8. The summed E-state index contributed by atoms with van der Waals surface area (Å²) in [4.78, 5) is 29.1. The molecule has 0 aliphatic carbocycles. The molecule has 0 radical (unpaired) electrons. The molecule has 0 saturated heterocycles. The Kier molecular flexibility index (Phi) is 10.9. The van der Waals surface area contributed by atoms with Crippen molar-refractivity contribution < 1.29 is 18.0 Å². The number of hydrogen-bond acceptors (Lipinski definition) is 4. The van der Waals surface area contributed by atoms with Crippen molar-refractivity contribution in [2.75, 3.05) is 23.7 Å². The molecule has 0 spiro atoms. The molecule has 0 heterocycles. The number of rotatable bonds is 13. The van der Waals surface area contributed by atoms with E-state index in [4.69, 9.17) is 11.6 Å². The highest BCUT2D eigenvalue weighted by molar-refractivity contribution is 7.92. The van der Waals surface area contributed by atoms with Gasteiger partial charge in [0.1, 0.15) is 12.6 Å². The molecule has 0 aliphatic rings. The van der Waals surface area contributed by atoms with Gasteiger partial charge in [-0.2, -0.15) is 0 Å². The zero-order valence-electron chi connectivity index (χ0n) is 22.6. The Bertz CT molecular complexity index is 1350. The monoisotopic (exact) mass is 569 g/mol. The normalized spacial score (nSPS) is 12.0. The first kappa shape index (κ1) is 30.2. The number of carbonyl (C=O) groups is 2. The fourth-order valence-electron chi connectivity index (χ4n) is 4.30. The molecule has 0 aliphatic heterocycles. The molecule has 0 unspecified atom stereocenters. The Morgan fingerprint density at radius 1 is 0.923 bits per heavy atom. The summed E-state index contributed by atoms with van der Waals surface area (Å²) in [6, 6.07) is 22.9. The Hall–Kier alpha value is -3.36. The molecule has 0 saturated carbocycles. The predicted molar refractivity (Wildman–Crippen MR) is 157 cm³/mol. The van der Waals surface area contributed by atoms with E-state index in [9.17, 15) is 18.0 Å². The molecule has 3 aromatic rings. The van der Waals surface area contributed by atoms with Crippen LogP contribution < -0.4 is 9.62 Å². The zero-order valence-corrected chi connectivity index (χ0v) is 24.2. The third-order valence-corrected chi connectivity index (χ3v) is 8.02. The number of anilines is 1. The third kappa shape index (κ3) is 8.57. The Morgan fingerprint density at radius 3 is 2.13 bits per heavy atom. The first-order chi connectivity index (χ1) is 18.6. The van der Waals surface area contributed by atoms with E-state index in [1.54, 1.807) is 25.1 Å². The summed E-state index contributed by atoms with van der Waals surface area (Å²) in [6.45, 7) is 3.91. The van der Waals surface area contributed by atoms with Gasteiger partial charge in [-0.1, -0.05) is 91.7 Å². The van der Waals surface area contributed by atoms with Crippen LogP contribution in [0.4, 0.5) is 5.69 Å². The van der Waals surface area contributed by atoms with Crippen LogP contribution in [0.5, 0.6) is 0 Å². The highest BCUT2D eigenvalue weighted by Gasteiger charge is 2.33. The predicted octanol–water partition coefficient (Wildman–Crippen LogP) is 4.97. The van der Waals surface area contributed by atoms with Gasteiger partial charge >= 0.3 is 0 Å². The van der Waals surface area contributed by atoms with E-state index in [2.05, 4.69) is 5.32 Å². The molecule has 3 rings (SSSR count). The number of sulfonamides is 1. The number of nitrogens with one attached hydrogen (secondary N) is 1. The second kappa shape index (κ2) is 14.1. The molecule has 0 aromatic heterocycles. The summed E-state index contributed by atoms with van der Waals surface area (Å²) in [6.07, 6.45) is 3.07. The van der Waals surface area contributed by atoms with Crippen molar-refractivity contribution >= 4 is 39.1 Å². The molecule has 9 heteroatoms. The molecule has 39 heavy (non-hydrogen) atoms. The van der Waals surface area contributed by atoms with E-state index >= 15 is 0 Å². The molecule has 7 nitrogen and oxygen atoms in total. The number of halogens is 1. The minimum atomic E-state index is -3.85. The highest BCUT2D eigenvalue weighted by atomic mass is 35.5. The summed E-state index contributed by atoms with van der Waals surface area (Å²) in [7, 11) is -3.85. The highest BCUT2D eigenvalue weighted by Crippen LogP contribution is 2.28. The lowest BCUT2D eigenvalue weighted by atomic mass is 10.0. The minimum absolute atomic E-state index is 0.143. The fourth-order valence-corrected chi connectivity index (χ4v) is 5.37. The van der Waals surface area contributed by atoms with Crippen LogP contribution in [0.2, 0.25) is 5.02 Å².